The SMILES string of the molecule is Cc1cc(C)cc(C(NC(=O)C2CC(O)(c3cn(CC(C)C)nn3)C2)C(=O)O)c1. The maximum atomic E-state index is 12.6. The molecule has 1 aliphatic rings. The van der Waals surface area contributed by atoms with Crippen LogP contribution in [0.15, 0.2) is 24.4 Å². The highest BCUT2D eigenvalue weighted by atomic mass is 16.4. The Morgan fingerprint density at radius 3 is 2.41 bits per heavy atom. The number of nitrogens with one attached hydrogen (secondary N) is 1. The van der Waals surface area contributed by atoms with E-state index in [1.165, 1.54) is 0 Å². The Balaban J connectivity index is 1.65. The number of hydrogen-bond acceptors (Lipinski definition) is 5. The van der Waals surface area contributed by atoms with Crippen molar-refractivity contribution in [2.45, 2.75) is 58.7 Å². The molecule has 1 aromatic carbocycles. The van der Waals surface area contributed by atoms with Gasteiger partial charge in [0.05, 0.1) is 6.20 Å². The van der Waals surface area contributed by atoms with Crippen LogP contribution in [0.4, 0.5) is 0 Å². The average Bonchev–Trinajstić information content (AvgIpc) is 3.03. The molecule has 1 atom stereocenters. The molecule has 0 bridgehead atoms. The zero-order chi connectivity index (χ0) is 21.3. The van der Waals surface area contributed by atoms with Crippen molar-refractivity contribution in [2.24, 2.45) is 11.8 Å². The van der Waals surface area contributed by atoms with Gasteiger partial charge in [0, 0.05) is 12.5 Å². The molecule has 29 heavy (non-hydrogen) atoms. The second-order valence-corrected chi connectivity index (χ2v) is 8.56. The highest BCUT2D eigenvalue weighted by Gasteiger charge is 2.49. The lowest BCUT2D eigenvalue weighted by atomic mass is 9.69. The maximum absolute atomic E-state index is 12.6. The van der Waals surface area contributed by atoms with Crippen LogP contribution >= 0.6 is 0 Å². The molecule has 1 fully saturated rings. The summed E-state index contributed by atoms with van der Waals surface area (Å²) in [7, 11) is 0. The third-order valence-corrected chi connectivity index (χ3v) is 5.22. The van der Waals surface area contributed by atoms with Crippen molar-refractivity contribution in [1.82, 2.24) is 20.3 Å². The molecule has 0 aliphatic heterocycles. The highest BCUT2D eigenvalue weighted by Crippen LogP contribution is 2.45. The predicted octanol–water partition coefficient (Wildman–Crippen LogP) is 2.09. The highest BCUT2D eigenvalue weighted by molar-refractivity contribution is 5.86. The van der Waals surface area contributed by atoms with E-state index in [9.17, 15) is 19.8 Å². The number of rotatable bonds is 7. The lowest BCUT2D eigenvalue weighted by Gasteiger charge is -2.41. The lowest BCUT2D eigenvalue weighted by molar-refractivity contribution is -0.149. The van der Waals surface area contributed by atoms with Crippen LogP contribution < -0.4 is 5.32 Å². The van der Waals surface area contributed by atoms with Crippen molar-refractivity contribution in [3.8, 4) is 0 Å². The molecule has 1 unspecified atom stereocenters. The Hall–Kier alpha value is -2.74. The van der Waals surface area contributed by atoms with E-state index in [1.54, 1.807) is 23.0 Å². The summed E-state index contributed by atoms with van der Waals surface area (Å²) in [5.74, 6) is -1.56. The summed E-state index contributed by atoms with van der Waals surface area (Å²) in [5.41, 5.74) is 1.66. The largest absolute Gasteiger partial charge is 0.479 e. The van der Waals surface area contributed by atoms with E-state index >= 15 is 0 Å². The molecule has 0 radical (unpaired) electrons. The molecule has 8 nitrogen and oxygen atoms in total. The second kappa shape index (κ2) is 7.94. The van der Waals surface area contributed by atoms with E-state index in [2.05, 4.69) is 29.5 Å². The van der Waals surface area contributed by atoms with Crippen molar-refractivity contribution >= 4 is 11.9 Å². The molecular formula is C21H28N4O4. The molecule has 1 heterocycles. The Morgan fingerprint density at radius 2 is 1.86 bits per heavy atom. The molecule has 3 N–H and O–H groups in total. The normalized spacial score (nSPS) is 22.2. The van der Waals surface area contributed by atoms with E-state index in [0.717, 1.165) is 11.1 Å². The van der Waals surface area contributed by atoms with Crippen LogP contribution in [0, 0.1) is 25.7 Å². The smallest absolute Gasteiger partial charge is 0.330 e. The molecule has 1 aliphatic carbocycles. The molecular weight excluding hydrogens is 372 g/mol. The number of aryl methyl sites for hydroxylation is 2. The topological polar surface area (TPSA) is 117 Å². The number of hydrogen-bond donors (Lipinski definition) is 3. The van der Waals surface area contributed by atoms with Gasteiger partial charge in [-0.15, -0.1) is 5.10 Å². The quantitative estimate of drug-likeness (QED) is 0.655. The summed E-state index contributed by atoms with van der Waals surface area (Å²) in [6.07, 6.45) is 2.10. The standard InChI is InChI=1S/C21H28N4O4/c1-12(2)10-25-11-17(23-24-25)21(29)8-16(9-21)19(26)22-18(20(27)28)15-6-13(3)5-14(4)7-15/h5-7,11-12,16,18,29H,8-10H2,1-4H3,(H,22,26)(H,27,28). The third-order valence-electron chi connectivity index (χ3n) is 5.22. The van der Waals surface area contributed by atoms with Crippen LogP contribution in [0.1, 0.15) is 55.1 Å². The Kier molecular flexibility index (Phi) is 5.75. The first-order valence-corrected chi connectivity index (χ1v) is 9.82. The fourth-order valence-electron chi connectivity index (χ4n) is 3.85. The van der Waals surface area contributed by atoms with E-state index in [1.807, 2.05) is 19.9 Å². The number of aliphatic hydroxyl groups is 1. The Bertz CT molecular complexity index is 895. The predicted molar refractivity (Wildman–Crippen MR) is 106 cm³/mol. The van der Waals surface area contributed by atoms with Crippen LogP contribution in [-0.4, -0.2) is 37.1 Å². The van der Waals surface area contributed by atoms with Crippen molar-refractivity contribution in [2.75, 3.05) is 0 Å². The van der Waals surface area contributed by atoms with Crippen LogP contribution in [0.3, 0.4) is 0 Å². The summed E-state index contributed by atoms with van der Waals surface area (Å²) in [4.78, 5) is 24.4. The number of aliphatic carboxylic acids is 1. The number of carboxylic acids is 1. The molecule has 0 spiro atoms. The second-order valence-electron chi connectivity index (χ2n) is 8.56. The minimum absolute atomic E-state index is 0.193. The molecule has 1 saturated carbocycles. The summed E-state index contributed by atoms with van der Waals surface area (Å²) < 4.78 is 1.69. The fraction of sp³-hybridized carbons (Fsp3) is 0.524. The van der Waals surface area contributed by atoms with E-state index < -0.39 is 23.5 Å². The molecule has 0 saturated heterocycles. The van der Waals surface area contributed by atoms with Crippen LogP contribution in [-0.2, 0) is 21.7 Å². The monoisotopic (exact) mass is 400 g/mol. The van der Waals surface area contributed by atoms with Gasteiger partial charge < -0.3 is 15.5 Å². The van der Waals surface area contributed by atoms with Crippen LogP contribution in [0.25, 0.3) is 0 Å². The van der Waals surface area contributed by atoms with Gasteiger partial charge in [-0.2, -0.15) is 0 Å². The van der Waals surface area contributed by atoms with Crippen LogP contribution in [0.5, 0.6) is 0 Å². The molecule has 156 valence electrons. The minimum atomic E-state index is -1.20. The first-order valence-electron chi connectivity index (χ1n) is 9.82. The molecule has 1 amide bonds. The van der Waals surface area contributed by atoms with E-state index in [-0.39, 0.29) is 18.7 Å². The zero-order valence-electron chi connectivity index (χ0n) is 17.2. The van der Waals surface area contributed by atoms with Gasteiger partial charge in [0.2, 0.25) is 5.91 Å². The minimum Gasteiger partial charge on any atom is -0.479 e. The molecule has 8 heteroatoms. The number of benzene rings is 1. The van der Waals surface area contributed by atoms with E-state index in [4.69, 9.17) is 0 Å². The summed E-state index contributed by atoms with van der Waals surface area (Å²) >= 11 is 0. The van der Waals surface area contributed by atoms with E-state index in [0.29, 0.717) is 23.7 Å². The van der Waals surface area contributed by atoms with Gasteiger partial charge in [0.15, 0.2) is 6.04 Å². The first kappa shape index (κ1) is 21.0. The summed E-state index contributed by atoms with van der Waals surface area (Å²) in [6, 6.07) is 4.34. The van der Waals surface area contributed by atoms with Gasteiger partial charge in [-0.1, -0.05) is 48.4 Å². The van der Waals surface area contributed by atoms with Crippen molar-refractivity contribution in [3.63, 3.8) is 0 Å². The number of aromatic nitrogens is 3. The number of nitrogens with zero attached hydrogens (tertiary/aromatic N) is 3. The van der Waals surface area contributed by atoms with Gasteiger partial charge in [-0.05, 0) is 38.2 Å². The summed E-state index contributed by atoms with van der Waals surface area (Å²) in [6.45, 7) is 8.59. The average molecular weight is 400 g/mol. The van der Waals surface area contributed by atoms with Gasteiger partial charge in [-0.25, -0.2) is 4.79 Å². The Morgan fingerprint density at radius 1 is 1.24 bits per heavy atom. The van der Waals surface area contributed by atoms with Gasteiger partial charge in [-0.3, -0.25) is 9.48 Å². The number of carbonyl (C=O) groups excluding carboxylic acids is 1. The van der Waals surface area contributed by atoms with Crippen molar-refractivity contribution in [1.29, 1.82) is 0 Å². The van der Waals surface area contributed by atoms with Gasteiger partial charge in [0.25, 0.3) is 0 Å². The molecule has 3 rings (SSSR count). The van der Waals surface area contributed by atoms with Crippen molar-refractivity contribution < 1.29 is 19.8 Å². The third kappa shape index (κ3) is 4.64. The number of amides is 1. The molecule has 1 aromatic heterocycles. The zero-order valence-corrected chi connectivity index (χ0v) is 17.2. The number of carbonyl (C=O) groups is 2. The van der Waals surface area contributed by atoms with Crippen molar-refractivity contribution in [3.05, 3.63) is 46.8 Å². The molecule has 2 aromatic rings. The first-order chi connectivity index (χ1) is 13.6. The van der Waals surface area contributed by atoms with Gasteiger partial charge >= 0.3 is 5.97 Å². The van der Waals surface area contributed by atoms with Crippen LogP contribution in [0.2, 0.25) is 0 Å². The maximum Gasteiger partial charge on any atom is 0.330 e. The Labute approximate surface area is 169 Å². The number of carboxylic acid groups (broad SMARTS) is 1. The lowest BCUT2D eigenvalue weighted by Crippen LogP contribution is -2.49. The van der Waals surface area contributed by atoms with Gasteiger partial charge in [0.1, 0.15) is 11.3 Å². The summed E-state index contributed by atoms with van der Waals surface area (Å²) in [5, 5.41) is 31.1. The fourth-order valence-corrected chi connectivity index (χ4v) is 3.85.